The second-order valence-corrected chi connectivity index (χ2v) is 3.74. The second-order valence-electron chi connectivity index (χ2n) is 3.74. The number of nitrogens with one attached hydrogen (secondary N) is 1. The third-order valence-corrected chi connectivity index (χ3v) is 2.01. The molecule has 17 heavy (non-hydrogen) atoms. The smallest absolute Gasteiger partial charge is 0.147 e. The largest absolute Gasteiger partial charge is 0.380 e. The van der Waals surface area contributed by atoms with E-state index in [-0.39, 0.29) is 0 Å². The Bertz CT molecular complexity index is 438. The van der Waals surface area contributed by atoms with Crippen LogP contribution in [0.25, 0.3) is 0 Å². The molecule has 0 radical (unpaired) electrons. The van der Waals surface area contributed by atoms with Crippen LogP contribution in [-0.2, 0) is 4.74 Å². The highest BCUT2D eigenvalue weighted by Gasteiger charge is 2.02. The Morgan fingerprint density at radius 2 is 2.35 bits per heavy atom. The van der Waals surface area contributed by atoms with E-state index in [0.717, 1.165) is 5.57 Å². The predicted octanol–water partition coefficient (Wildman–Crippen LogP) is 2.70. The van der Waals surface area contributed by atoms with E-state index in [9.17, 15) is 4.39 Å². The van der Waals surface area contributed by atoms with Gasteiger partial charge in [0.15, 0.2) is 0 Å². The van der Waals surface area contributed by atoms with Crippen LogP contribution in [0.4, 0.5) is 10.1 Å². The number of hydrogen-bond donors (Lipinski definition) is 1. The van der Waals surface area contributed by atoms with Crippen molar-refractivity contribution in [3.8, 4) is 6.07 Å². The Hall–Kier alpha value is -1.86. The second kappa shape index (κ2) is 6.66. The number of halogens is 1. The van der Waals surface area contributed by atoms with E-state index >= 15 is 0 Å². The lowest BCUT2D eigenvalue weighted by Gasteiger charge is -2.08. The summed E-state index contributed by atoms with van der Waals surface area (Å²) >= 11 is 0. The molecule has 0 saturated carbocycles. The first-order valence-electron chi connectivity index (χ1n) is 5.29. The first kappa shape index (κ1) is 13.2. The molecule has 1 aromatic rings. The van der Waals surface area contributed by atoms with E-state index < -0.39 is 5.82 Å². The van der Waals surface area contributed by atoms with Crippen molar-refractivity contribution in [3.63, 3.8) is 0 Å². The molecule has 90 valence electrons. The van der Waals surface area contributed by atoms with Gasteiger partial charge in [0.1, 0.15) is 5.82 Å². The monoisotopic (exact) mass is 234 g/mol. The summed E-state index contributed by atoms with van der Waals surface area (Å²) in [5.41, 5.74) is 1.64. The van der Waals surface area contributed by atoms with Gasteiger partial charge in [0.05, 0.1) is 30.5 Å². The van der Waals surface area contributed by atoms with E-state index in [1.54, 1.807) is 12.1 Å². The van der Waals surface area contributed by atoms with Crippen LogP contribution in [0.1, 0.15) is 12.5 Å². The average molecular weight is 234 g/mol. The first-order valence-corrected chi connectivity index (χ1v) is 5.29. The summed E-state index contributed by atoms with van der Waals surface area (Å²) in [6.45, 7) is 7.09. The summed E-state index contributed by atoms with van der Waals surface area (Å²) in [7, 11) is 0. The van der Waals surface area contributed by atoms with Crippen LogP contribution < -0.4 is 5.32 Å². The number of rotatable bonds is 6. The molecular formula is C13H15FN2O. The number of nitrogens with zero attached hydrogens (tertiary/aromatic N) is 1. The molecular weight excluding hydrogens is 219 g/mol. The number of ether oxygens (including phenoxy) is 1. The molecule has 0 amide bonds. The molecule has 1 N–H and O–H groups in total. The lowest BCUT2D eigenvalue weighted by molar-refractivity contribution is 0.167. The van der Waals surface area contributed by atoms with Gasteiger partial charge in [-0.05, 0) is 25.1 Å². The fraction of sp³-hybridized carbons (Fsp3) is 0.308. The Morgan fingerprint density at radius 1 is 1.59 bits per heavy atom. The standard InChI is InChI=1S/C13H15FN2O/c1-10(2)9-17-6-5-16-13-4-3-11(8-15)7-12(13)14/h3-4,7,16H,1,5-6,9H2,2H3. The molecule has 0 saturated heterocycles. The summed E-state index contributed by atoms with van der Waals surface area (Å²) in [5, 5.41) is 11.5. The van der Waals surface area contributed by atoms with Crippen LogP contribution in [-0.4, -0.2) is 19.8 Å². The minimum absolute atomic E-state index is 0.312. The molecule has 0 aliphatic carbocycles. The van der Waals surface area contributed by atoms with Crippen molar-refractivity contribution in [2.45, 2.75) is 6.92 Å². The topological polar surface area (TPSA) is 45.0 Å². The Labute approximate surface area is 101 Å². The number of benzene rings is 1. The maximum Gasteiger partial charge on any atom is 0.147 e. The van der Waals surface area contributed by atoms with Crippen molar-refractivity contribution >= 4 is 5.69 Å². The molecule has 0 heterocycles. The molecule has 0 spiro atoms. The maximum absolute atomic E-state index is 13.4. The Kier molecular flexibility index (Phi) is 5.18. The third kappa shape index (κ3) is 4.66. The van der Waals surface area contributed by atoms with Crippen molar-refractivity contribution < 1.29 is 9.13 Å². The minimum Gasteiger partial charge on any atom is -0.380 e. The molecule has 0 aliphatic heterocycles. The molecule has 4 heteroatoms. The van der Waals surface area contributed by atoms with Gasteiger partial charge in [-0.2, -0.15) is 5.26 Å². The van der Waals surface area contributed by atoms with E-state index in [1.807, 2.05) is 13.0 Å². The van der Waals surface area contributed by atoms with Crippen LogP contribution in [0.15, 0.2) is 30.4 Å². The first-order chi connectivity index (χ1) is 8.13. The SMILES string of the molecule is C=C(C)COCCNc1ccc(C#N)cc1F. The van der Waals surface area contributed by atoms with Gasteiger partial charge in [0, 0.05) is 6.54 Å². The molecule has 1 rings (SSSR count). The molecule has 0 aromatic heterocycles. The van der Waals surface area contributed by atoms with Crippen molar-refractivity contribution in [1.82, 2.24) is 0 Å². The van der Waals surface area contributed by atoms with Gasteiger partial charge in [-0.25, -0.2) is 4.39 Å². The zero-order valence-electron chi connectivity index (χ0n) is 9.79. The average Bonchev–Trinajstić information content (AvgIpc) is 2.30. The Balaban J connectivity index is 2.37. The fourth-order valence-electron chi connectivity index (χ4n) is 1.23. The number of hydrogen-bond acceptors (Lipinski definition) is 3. The van der Waals surface area contributed by atoms with Crippen LogP contribution in [0.3, 0.4) is 0 Å². The highest BCUT2D eigenvalue weighted by Crippen LogP contribution is 2.14. The van der Waals surface area contributed by atoms with Gasteiger partial charge < -0.3 is 10.1 Å². The molecule has 0 atom stereocenters. The molecule has 3 nitrogen and oxygen atoms in total. The number of anilines is 1. The molecule has 0 fully saturated rings. The molecule has 0 bridgehead atoms. The number of nitriles is 1. The van der Waals surface area contributed by atoms with Gasteiger partial charge in [-0.1, -0.05) is 12.2 Å². The third-order valence-electron chi connectivity index (χ3n) is 2.01. The van der Waals surface area contributed by atoms with Crippen molar-refractivity contribution in [1.29, 1.82) is 5.26 Å². The normalized spacial score (nSPS) is 9.71. The lowest BCUT2D eigenvalue weighted by atomic mass is 10.2. The highest BCUT2D eigenvalue weighted by molar-refractivity contribution is 5.48. The maximum atomic E-state index is 13.4. The van der Waals surface area contributed by atoms with Crippen molar-refractivity contribution in [2.24, 2.45) is 0 Å². The van der Waals surface area contributed by atoms with Crippen molar-refractivity contribution in [3.05, 3.63) is 41.7 Å². The summed E-state index contributed by atoms with van der Waals surface area (Å²) < 4.78 is 18.7. The van der Waals surface area contributed by atoms with Crippen LogP contribution >= 0.6 is 0 Å². The Morgan fingerprint density at radius 3 is 2.94 bits per heavy atom. The van der Waals surface area contributed by atoms with E-state index in [4.69, 9.17) is 10.00 Å². The molecule has 0 aliphatic rings. The van der Waals surface area contributed by atoms with Gasteiger partial charge >= 0.3 is 0 Å². The van der Waals surface area contributed by atoms with E-state index in [2.05, 4.69) is 11.9 Å². The van der Waals surface area contributed by atoms with Gasteiger partial charge in [-0.3, -0.25) is 0 Å². The van der Waals surface area contributed by atoms with Crippen LogP contribution in [0, 0.1) is 17.1 Å². The van der Waals surface area contributed by atoms with Crippen molar-refractivity contribution in [2.75, 3.05) is 25.1 Å². The molecule has 1 aromatic carbocycles. The molecule has 0 unspecified atom stereocenters. The fourth-order valence-corrected chi connectivity index (χ4v) is 1.23. The summed E-state index contributed by atoms with van der Waals surface area (Å²) in [5.74, 6) is -0.427. The minimum atomic E-state index is -0.427. The van der Waals surface area contributed by atoms with Gasteiger partial charge in [0.2, 0.25) is 0 Å². The summed E-state index contributed by atoms with van der Waals surface area (Å²) in [4.78, 5) is 0. The van der Waals surface area contributed by atoms with Gasteiger partial charge in [0.25, 0.3) is 0 Å². The summed E-state index contributed by atoms with van der Waals surface area (Å²) in [6.07, 6.45) is 0. The summed E-state index contributed by atoms with van der Waals surface area (Å²) in [6, 6.07) is 6.20. The van der Waals surface area contributed by atoms with Crippen LogP contribution in [0.5, 0.6) is 0 Å². The highest BCUT2D eigenvalue weighted by atomic mass is 19.1. The van der Waals surface area contributed by atoms with E-state index in [0.29, 0.717) is 31.0 Å². The van der Waals surface area contributed by atoms with Gasteiger partial charge in [-0.15, -0.1) is 0 Å². The predicted molar refractivity (Wildman–Crippen MR) is 65.2 cm³/mol. The van der Waals surface area contributed by atoms with Crippen LogP contribution in [0.2, 0.25) is 0 Å². The van der Waals surface area contributed by atoms with E-state index in [1.165, 1.54) is 6.07 Å². The quantitative estimate of drug-likeness (QED) is 0.608. The zero-order chi connectivity index (χ0) is 12.7. The zero-order valence-corrected chi connectivity index (χ0v) is 9.79. The lowest BCUT2D eigenvalue weighted by Crippen LogP contribution is -2.11.